The normalized spacial score (nSPS) is 9.69. The van der Waals surface area contributed by atoms with Gasteiger partial charge in [-0.1, -0.05) is 68.9 Å². The number of aryl methyl sites for hydroxylation is 3. The zero-order valence-electron chi connectivity index (χ0n) is 29.6. The van der Waals surface area contributed by atoms with Crippen LogP contribution in [0.3, 0.4) is 0 Å². The Morgan fingerprint density at radius 2 is 1.16 bits per heavy atom. The van der Waals surface area contributed by atoms with E-state index in [1.165, 1.54) is 12.4 Å². The standard InChI is InChI=1S/C9H12N2O2.C9H14N2.C8H10N2O2.C8H11N.CO2.CH4/c1-5(2)8-10-6(3)4-7(11-8)9(12)13;1-6(2)9-10-7(3)5-8(4)11-9;1-5(2)6-3-9-4-10-7(6)8(11)12;1-7(2)8-5-3-4-6-9-8;2-1-3;/h4-5H,1-3H3,(H,12,13);5-6H,1-4H3;3-5H,1-2H3,(H,11,12);3-7H,1-2H3;;1H4. The molecule has 0 saturated carbocycles. The predicted molar refractivity (Wildman–Crippen MR) is 187 cm³/mol. The molecule has 266 valence electrons. The molecule has 0 spiro atoms. The van der Waals surface area contributed by atoms with Crippen LogP contribution in [-0.2, 0) is 9.59 Å². The molecule has 4 aromatic rings. The summed E-state index contributed by atoms with van der Waals surface area (Å²) in [5.41, 5.74) is 4.80. The van der Waals surface area contributed by atoms with Crippen LogP contribution in [0.25, 0.3) is 0 Å². The first-order valence-corrected chi connectivity index (χ1v) is 15.3. The first-order chi connectivity index (χ1) is 22.4. The Bertz CT molecular complexity index is 1580. The minimum absolute atomic E-state index is 0. The van der Waals surface area contributed by atoms with Crippen LogP contribution < -0.4 is 0 Å². The molecular weight excluding hydrogens is 626 g/mol. The largest absolute Gasteiger partial charge is 0.477 e. The summed E-state index contributed by atoms with van der Waals surface area (Å²) in [5, 5.41) is 17.4. The van der Waals surface area contributed by atoms with Crippen LogP contribution in [-0.4, -0.2) is 63.2 Å². The third-order valence-corrected chi connectivity index (χ3v) is 5.97. The molecule has 0 fully saturated rings. The number of aromatic nitrogens is 7. The molecule has 0 aliphatic carbocycles. The average molecular weight is 678 g/mol. The summed E-state index contributed by atoms with van der Waals surface area (Å²) in [6.45, 7) is 21.9. The van der Waals surface area contributed by atoms with Gasteiger partial charge in [0.1, 0.15) is 18.0 Å². The first kappa shape index (κ1) is 45.8. The maximum atomic E-state index is 10.6. The highest BCUT2D eigenvalue weighted by atomic mass is 16.4. The SMILES string of the molecule is C.CC(C)c1ccccn1.CC(C)c1cncnc1C(=O)O.Cc1cc(C(=O)O)nc(C(C)C)n1.Cc1cc(C)nc(C(C)C)n1.O=C=O. The molecule has 0 aliphatic heterocycles. The molecule has 49 heavy (non-hydrogen) atoms. The molecule has 0 amide bonds. The molecule has 0 saturated heterocycles. The second-order valence-electron chi connectivity index (χ2n) is 11.7. The van der Waals surface area contributed by atoms with Crippen molar-refractivity contribution in [1.82, 2.24) is 34.9 Å². The van der Waals surface area contributed by atoms with E-state index < -0.39 is 11.9 Å². The van der Waals surface area contributed by atoms with Gasteiger partial charge in [0.05, 0.1) is 0 Å². The van der Waals surface area contributed by atoms with Gasteiger partial charge in [0.15, 0.2) is 11.4 Å². The van der Waals surface area contributed by atoms with Crippen LogP contribution in [0.1, 0.15) is 147 Å². The van der Waals surface area contributed by atoms with E-state index in [1.54, 1.807) is 13.1 Å². The number of aromatic carboxylic acids is 2. The van der Waals surface area contributed by atoms with E-state index in [-0.39, 0.29) is 36.8 Å². The molecule has 4 aromatic heterocycles. The number of hydrogen-bond acceptors (Lipinski definition) is 11. The minimum Gasteiger partial charge on any atom is -0.477 e. The van der Waals surface area contributed by atoms with Crippen molar-refractivity contribution < 1.29 is 29.4 Å². The smallest absolute Gasteiger partial charge is 0.373 e. The maximum absolute atomic E-state index is 10.6. The van der Waals surface area contributed by atoms with E-state index >= 15 is 0 Å². The second-order valence-corrected chi connectivity index (χ2v) is 11.7. The van der Waals surface area contributed by atoms with Crippen molar-refractivity contribution in [2.45, 2.75) is 107 Å². The van der Waals surface area contributed by atoms with Gasteiger partial charge in [0.25, 0.3) is 0 Å². The molecule has 13 nitrogen and oxygen atoms in total. The number of carboxylic acids is 2. The van der Waals surface area contributed by atoms with Gasteiger partial charge in [0.2, 0.25) is 0 Å². The lowest BCUT2D eigenvalue weighted by Crippen LogP contribution is -2.07. The van der Waals surface area contributed by atoms with E-state index in [4.69, 9.17) is 19.8 Å². The van der Waals surface area contributed by atoms with E-state index in [9.17, 15) is 9.59 Å². The third kappa shape index (κ3) is 18.6. The fourth-order valence-corrected chi connectivity index (χ4v) is 3.63. The van der Waals surface area contributed by atoms with Crippen molar-refractivity contribution in [3.63, 3.8) is 0 Å². The van der Waals surface area contributed by atoms with Crippen molar-refractivity contribution in [2.24, 2.45) is 0 Å². The fraction of sp³-hybridized carbons (Fsp3) is 0.444. The Labute approximate surface area is 289 Å². The number of rotatable bonds is 6. The number of pyridine rings is 1. The van der Waals surface area contributed by atoms with Crippen LogP contribution in [0.5, 0.6) is 0 Å². The number of nitrogens with zero attached hydrogens (tertiary/aromatic N) is 7. The highest BCUT2D eigenvalue weighted by Gasteiger charge is 2.13. The van der Waals surface area contributed by atoms with Crippen LogP contribution in [0.2, 0.25) is 0 Å². The molecule has 13 heteroatoms. The van der Waals surface area contributed by atoms with Crippen molar-refractivity contribution in [2.75, 3.05) is 0 Å². The van der Waals surface area contributed by atoms with Crippen LogP contribution in [0.4, 0.5) is 0 Å². The Balaban J connectivity index is 0. The lowest BCUT2D eigenvalue weighted by molar-refractivity contribution is -0.191. The molecule has 0 atom stereocenters. The van der Waals surface area contributed by atoms with Gasteiger partial charge in [-0.3, -0.25) is 4.98 Å². The van der Waals surface area contributed by atoms with Crippen molar-refractivity contribution in [1.29, 1.82) is 0 Å². The Kier molecular flexibility index (Phi) is 22.4. The quantitative estimate of drug-likeness (QED) is 0.205. The van der Waals surface area contributed by atoms with E-state index in [1.807, 2.05) is 72.0 Å². The molecule has 2 N–H and O–H groups in total. The van der Waals surface area contributed by atoms with E-state index in [0.29, 0.717) is 28.9 Å². The summed E-state index contributed by atoms with van der Waals surface area (Å²) >= 11 is 0. The van der Waals surface area contributed by atoms with Gasteiger partial charge in [-0.25, -0.2) is 39.5 Å². The summed E-state index contributed by atoms with van der Waals surface area (Å²) in [4.78, 5) is 65.9. The summed E-state index contributed by atoms with van der Waals surface area (Å²) in [5.74, 6) is 0.781. The predicted octanol–water partition coefficient (Wildman–Crippen LogP) is 7.38. The molecule has 4 rings (SSSR count). The molecule has 0 radical (unpaired) electrons. The number of carbonyl (C=O) groups excluding carboxylic acids is 2. The molecule has 4 heterocycles. The van der Waals surface area contributed by atoms with E-state index in [0.717, 1.165) is 22.9 Å². The minimum atomic E-state index is -1.01. The Hall–Kier alpha value is -5.29. The van der Waals surface area contributed by atoms with Gasteiger partial charge >= 0.3 is 18.1 Å². The summed E-state index contributed by atoms with van der Waals surface area (Å²) in [6, 6.07) is 9.46. The van der Waals surface area contributed by atoms with Crippen molar-refractivity contribution in [3.8, 4) is 0 Å². The molecule has 0 aliphatic rings. The van der Waals surface area contributed by atoms with Crippen LogP contribution in [0.15, 0.2) is 49.1 Å². The van der Waals surface area contributed by atoms with Crippen molar-refractivity contribution in [3.05, 3.63) is 100 Å². The van der Waals surface area contributed by atoms with Gasteiger partial charge < -0.3 is 10.2 Å². The average Bonchev–Trinajstić information content (AvgIpc) is 3.02. The fourth-order valence-electron chi connectivity index (χ4n) is 3.63. The Morgan fingerprint density at radius 3 is 1.51 bits per heavy atom. The lowest BCUT2D eigenvalue weighted by Gasteiger charge is -2.05. The number of carbonyl (C=O) groups is 2. The summed E-state index contributed by atoms with van der Waals surface area (Å²) in [7, 11) is 0. The summed E-state index contributed by atoms with van der Waals surface area (Å²) < 4.78 is 0. The molecular formula is C36H51N7O6. The lowest BCUT2D eigenvalue weighted by atomic mass is 10.0. The van der Waals surface area contributed by atoms with Crippen LogP contribution >= 0.6 is 0 Å². The van der Waals surface area contributed by atoms with Crippen molar-refractivity contribution >= 4 is 18.1 Å². The van der Waals surface area contributed by atoms with Gasteiger partial charge in [-0.05, 0) is 56.9 Å². The van der Waals surface area contributed by atoms with Gasteiger partial charge in [0, 0.05) is 52.6 Å². The van der Waals surface area contributed by atoms with Crippen LogP contribution in [0, 0.1) is 20.8 Å². The molecule has 0 aromatic carbocycles. The third-order valence-electron chi connectivity index (χ3n) is 5.97. The highest BCUT2D eigenvalue weighted by molar-refractivity contribution is 5.87. The highest BCUT2D eigenvalue weighted by Crippen LogP contribution is 2.16. The molecule has 0 bridgehead atoms. The molecule has 0 unspecified atom stereocenters. The summed E-state index contributed by atoms with van der Waals surface area (Å²) in [6.07, 6.45) is 4.87. The second kappa shape index (κ2) is 23.9. The monoisotopic (exact) mass is 677 g/mol. The Morgan fingerprint density at radius 1 is 0.673 bits per heavy atom. The van der Waals surface area contributed by atoms with E-state index in [2.05, 4.69) is 62.6 Å². The topological polar surface area (TPSA) is 199 Å². The van der Waals surface area contributed by atoms with Gasteiger partial charge in [-0.15, -0.1) is 0 Å². The maximum Gasteiger partial charge on any atom is 0.373 e. The number of hydrogen-bond donors (Lipinski definition) is 2. The first-order valence-electron chi connectivity index (χ1n) is 15.3. The zero-order chi connectivity index (χ0) is 37.0. The zero-order valence-corrected chi connectivity index (χ0v) is 29.6. The van der Waals surface area contributed by atoms with Gasteiger partial charge in [-0.2, -0.15) is 9.59 Å². The number of carboxylic acid groups (broad SMARTS) is 2.